The van der Waals surface area contributed by atoms with Crippen LogP contribution in [0.4, 0.5) is 17.1 Å². The van der Waals surface area contributed by atoms with Crippen LogP contribution in [-0.2, 0) is 5.41 Å². The predicted molar refractivity (Wildman–Crippen MR) is 221 cm³/mol. The number of rotatable bonds is 6. The fourth-order valence-corrected chi connectivity index (χ4v) is 11.4. The Morgan fingerprint density at radius 2 is 0.755 bits per heavy atom. The van der Waals surface area contributed by atoms with Crippen molar-refractivity contribution in [1.29, 1.82) is 0 Å². The topological polar surface area (TPSA) is 3.24 Å². The maximum Gasteiger partial charge on any atom is 0.0462 e. The third-order valence-corrected chi connectivity index (χ3v) is 13.5. The maximum atomic E-state index is 2.60. The summed E-state index contributed by atoms with van der Waals surface area (Å²) in [5.41, 5.74) is 17.4. The molecule has 5 aliphatic carbocycles. The van der Waals surface area contributed by atoms with E-state index in [4.69, 9.17) is 0 Å². The highest BCUT2D eigenvalue weighted by Crippen LogP contribution is 2.69. The van der Waals surface area contributed by atoms with E-state index in [1.807, 2.05) is 0 Å². The number of anilines is 3. The van der Waals surface area contributed by atoms with Crippen LogP contribution in [0, 0.1) is 23.7 Å². The molecule has 0 aromatic heterocycles. The van der Waals surface area contributed by atoms with E-state index in [2.05, 4.69) is 181 Å². The molecule has 4 fully saturated rings. The minimum atomic E-state index is 0.190. The van der Waals surface area contributed by atoms with Gasteiger partial charge in [0.05, 0.1) is 0 Å². The van der Waals surface area contributed by atoms with Gasteiger partial charge in [0.25, 0.3) is 0 Å². The van der Waals surface area contributed by atoms with Gasteiger partial charge in [-0.1, -0.05) is 133 Å². The van der Waals surface area contributed by atoms with Crippen LogP contribution in [0.5, 0.6) is 0 Å². The molecule has 0 atom stereocenters. The van der Waals surface area contributed by atoms with Crippen molar-refractivity contribution in [2.24, 2.45) is 23.7 Å². The van der Waals surface area contributed by atoms with Gasteiger partial charge in [0, 0.05) is 22.5 Å². The number of fused-ring (bicyclic) bond motifs is 3. The highest BCUT2D eigenvalue weighted by atomic mass is 15.1. The normalized spacial score (nSPS) is 23.2. The summed E-state index contributed by atoms with van der Waals surface area (Å²) in [5.74, 6) is 3.45. The molecule has 53 heavy (non-hydrogen) atoms. The number of para-hydroxylation sites is 1. The molecule has 4 bridgehead atoms. The minimum absolute atomic E-state index is 0.190. The summed E-state index contributed by atoms with van der Waals surface area (Å²) in [6.07, 6.45) is 7.14. The van der Waals surface area contributed by atoms with Crippen molar-refractivity contribution in [3.8, 4) is 44.5 Å². The van der Waals surface area contributed by atoms with Crippen LogP contribution in [0.2, 0.25) is 0 Å². The lowest BCUT2D eigenvalue weighted by atomic mass is 9.43. The number of benzene rings is 7. The van der Waals surface area contributed by atoms with Gasteiger partial charge in [-0.15, -0.1) is 0 Å². The lowest BCUT2D eigenvalue weighted by molar-refractivity contribution is -0.0399. The molecule has 1 nitrogen and oxygen atoms in total. The molecule has 12 rings (SSSR count). The molecular weight excluding hydrogens is 639 g/mol. The Kier molecular flexibility index (Phi) is 7.12. The van der Waals surface area contributed by atoms with Gasteiger partial charge < -0.3 is 4.90 Å². The number of hydrogen-bond acceptors (Lipinski definition) is 1. The molecule has 0 saturated heterocycles. The summed E-state index contributed by atoms with van der Waals surface area (Å²) in [7, 11) is 0. The molecular formula is C52H43N. The zero-order chi connectivity index (χ0) is 34.9. The highest BCUT2D eigenvalue weighted by molar-refractivity contribution is 5.86. The smallest absolute Gasteiger partial charge is 0.0462 e. The summed E-state index contributed by atoms with van der Waals surface area (Å²) in [6.45, 7) is 0. The Labute approximate surface area is 313 Å². The Hall–Kier alpha value is -5.66. The van der Waals surface area contributed by atoms with Crippen LogP contribution >= 0.6 is 0 Å². The largest absolute Gasteiger partial charge is 0.311 e. The van der Waals surface area contributed by atoms with Crippen LogP contribution in [0.1, 0.15) is 43.2 Å². The van der Waals surface area contributed by atoms with Crippen LogP contribution in [-0.4, -0.2) is 0 Å². The summed E-state index contributed by atoms with van der Waals surface area (Å²) in [4.78, 5) is 2.37. The van der Waals surface area contributed by atoms with E-state index in [1.54, 1.807) is 11.1 Å². The van der Waals surface area contributed by atoms with Crippen LogP contribution in [0.25, 0.3) is 44.5 Å². The molecule has 0 N–H and O–H groups in total. The second kappa shape index (κ2) is 12.2. The third kappa shape index (κ3) is 4.90. The van der Waals surface area contributed by atoms with Crippen molar-refractivity contribution in [1.82, 2.24) is 0 Å². The van der Waals surface area contributed by atoms with Crippen molar-refractivity contribution in [2.75, 3.05) is 4.90 Å². The van der Waals surface area contributed by atoms with Gasteiger partial charge in [-0.25, -0.2) is 0 Å². The van der Waals surface area contributed by atoms with Crippen molar-refractivity contribution in [3.63, 3.8) is 0 Å². The van der Waals surface area contributed by atoms with E-state index in [-0.39, 0.29) is 5.41 Å². The second-order valence-electron chi connectivity index (χ2n) is 16.2. The standard InChI is InChI=1S/C52H43N/c1-3-9-37(10-4-1)38-15-17-39(18-16-38)40-19-24-46(25-20-40)53(45-11-5-2-6-12-45)47-26-21-41(22-27-47)42-23-28-49-48-13-7-8-14-50(48)52(51(49)34-42)43-30-35-29-36(32-43)33-44(52)31-35/h1-28,34-36,43-44H,29-33H2. The lowest BCUT2D eigenvalue weighted by Crippen LogP contribution is -2.55. The lowest BCUT2D eigenvalue weighted by Gasteiger charge is -2.61. The molecule has 1 heteroatoms. The number of nitrogens with zero attached hydrogens (tertiary/aromatic N) is 1. The van der Waals surface area contributed by atoms with Crippen LogP contribution in [0.3, 0.4) is 0 Å². The van der Waals surface area contributed by atoms with Crippen LogP contribution < -0.4 is 4.90 Å². The average molecular weight is 682 g/mol. The first-order valence-corrected chi connectivity index (χ1v) is 19.7. The van der Waals surface area contributed by atoms with E-state index < -0.39 is 0 Å². The van der Waals surface area contributed by atoms with E-state index in [1.165, 1.54) is 76.6 Å². The van der Waals surface area contributed by atoms with E-state index in [0.29, 0.717) is 0 Å². The Morgan fingerprint density at radius 1 is 0.340 bits per heavy atom. The van der Waals surface area contributed by atoms with Crippen molar-refractivity contribution < 1.29 is 0 Å². The molecule has 0 aliphatic heterocycles. The molecule has 256 valence electrons. The van der Waals surface area contributed by atoms with Gasteiger partial charge in [0.15, 0.2) is 0 Å². The van der Waals surface area contributed by atoms with Gasteiger partial charge in [0.1, 0.15) is 0 Å². The molecule has 7 aromatic carbocycles. The Morgan fingerprint density at radius 3 is 1.34 bits per heavy atom. The zero-order valence-corrected chi connectivity index (χ0v) is 30.0. The van der Waals surface area contributed by atoms with Gasteiger partial charge in [-0.05, 0) is 154 Å². The first kappa shape index (κ1) is 30.9. The molecule has 0 heterocycles. The van der Waals surface area contributed by atoms with Crippen molar-refractivity contribution in [2.45, 2.75) is 37.5 Å². The molecule has 1 spiro atoms. The minimum Gasteiger partial charge on any atom is -0.311 e. The average Bonchev–Trinajstić information content (AvgIpc) is 3.51. The molecule has 0 amide bonds. The third-order valence-electron chi connectivity index (χ3n) is 13.5. The highest BCUT2D eigenvalue weighted by Gasteiger charge is 2.61. The van der Waals surface area contributed by atoms with E-state index in [9.17, 15) is 0 Å². The fraction of sp³-hybridized carbons (Fsp3) is 0.192. The van der Waals surface area contributed by atoms with Gasteiger partial charge in [-0.3, -0.25) is 0 Å². The van der Waals surface area contributed by atoms with E-state index in [0.717, 1.165) is 40.7 Å². The molecule has 7 aromatic rings. The van der Waals surface area contributed by atoms with Crippen LogP contribution in [0.15, 0.2) is 176 Å². The van der Waals surface area contributed by atoms with E-state index >= 15 is 0 Å². The first-order valence-electron chi connectivity index (χ1n) is 19.7. The summed E-state index contributed by atoms with van der Waals surface area (Å²) < 4.78 is 0. The molecule has 0 unspecified atom stereocenters. The molecule has 5 aliphatic rings. The summed E-state index contributed by atoms with van der Waals surface area (Å²) in [5, 5.41) is 0. The molecule has 4 saturated carbocycles. The predicted octanol–water partition coefficient (Wildman–Crippen LogP) is 13.9. The second-order valence-corrected chi connectivity index (χ2v) is 16.2. The fourth-order valence-electron chi connectivity index (χ4n) is 11.4. The van der Waals surface area contributed by atoms with Crippen molar-refractivity contribution >= 4 is 17.1 Å². The Bertz CT molecular complexity index is 2400. The monoisotopic (exact) mass is 681 g/mol. The maximum absolute atomic E-state index is 2.60. The van der Waals surface area contributed by atoms with Gasteiger partial charge in [0.2, 0.25) is 0 Å². The summed E-state index contributed by atoms with van der Waals surface area (Å²) in [6, 6.07) is 65.4. The summed E-state index contributed by atoms with van der Waals surface area (Å²) >= 11 is 0. The van der Waals surface area contributed by atoms with Crippen molar-refractivity contribution in [3.05, 3.63) is 187 Å². The number of hydrogen-bond donors (Lipinski definition) is 0. The van der Waals surface area contributed by atoms with Gasteiger partial charge >= 0.3 is 0 Å². The zero-order valence-electron chi connectivity index (χ0n) is 30.0. The Balaban J connectivity index is 0.925. The van der Waals surface area contributed by atoms with Gasteiger partial charge in [-0.2, -0.15) is 0 Å². The quantitative estimate of drug-likeness (QED) is 0.169. The SMILES string of the molecule is c1ccc(-c2ccc(-c3ccc(N(c4ccccc4)c4ccc(-c5ccc6c(c5)C5(c7ccccc7-6)C6CC7CC(C6)CC5C7)cc4)cc3)cc2)cc1. The molecule has 0 radical (unpaired) electrons. The first-order chi connectivity index (χ1) is 26.2.